The highest BCUT2D eigenvalue weighted by atomic mass is 127. The minimum absolute atomic E-state index is 0.138. The summed E-state index contributed by atoms with van der Waals surface area (Å²) < 4.78 is 27.1. The number of nitrogens with zero attached hydrogens (tertiary/aromatic N) is 1. The summed E-state index contributed by atoms with van der Waals surface area (Å²) >= 11 is 2.32. The van der Waals surface area contributed by atoms with Crippen LogP contribution in [0.1, 0.15) is 25.1 Å². The van der Waals surface area contributed by atoms with Gasteiger partial charge in [0.05, 0.1) is 6.20 Å². The Labute approximate surface area is 110 Å². The van der Waals surface area contributed by atoms with E-state index in [-0.39, 0.29) is 5.03 Å². The molecule has 0 aliphatic rings. The molecule has 92 valence electrons. The Hall–Kier alpha value is -0.150. The number of aromatic nitrogens is 2. The Bertz CT molecular complexity index is 416. The summed E-state index contributed by atoms with van der Waals surface area (Å²) in [7, 11) is -3.40. The number of alkyl halides is 1. The van der Waals surface area contributed by atoms with Gasteiger partial charge < -0.3 is 4.98 Å². The molecule has 0 aliphatic carbocycles. The van der Waals surface area contributed by atoms with Gasteiger partial charge in [-0.15, -0.1) is 0 Å². The summed E-state index contributed by atoms with van der Waals surface area (Å²) in [5.41, 5.74) is 0. The second-order valence-corrected chi connectivity index (χ2v) is 6.29. The van der Waals surface area contributed by atoms with E-state index in [2.05, 4.69) is 37.3 Å². The van der Waals surface area contributed by atoms with E-state index in [0.717, 1.165) is 23.7 Å². The summed E-state index contributed by atoms with van der Waals surface area (Å²) in [4.78, 5) is 6.57. The van der Waals surface area contributed by atoms with Crippen LogP contribution >= 0.6 is 22.6 Å². The lowest BCUT2D eigenvalue weighted by atomic mass is 10.3. The van der Waals surface area contributed by atoms with E-state index in [4.69, 9.17) is 0 Å². The van der Waals surface area contributed by atoms with Gasteiger partial charge in [0.25, 0.3) is 10.0 Å². The molecule has 0 aromatic carbocycles. The highest BCUT2D eigenvalue weighted by Gasteiger charge is 2.15. The maximum atomic E-state index is 11.7. The first kappa shape index (κ1) is 13.9. The third-order valence-corrected chi connectivity index (χ3v) is 4.21. The number of nitrogens with one attached hydrogen (secondary N) is 2. The number of rotatable bonds is 7. The van der Waals surface area contributed by atoms with Crippen LogP contribution in [0, 0.1) is 6.92 Å². The van der Waals surface area contributed by atoms with Crippen molar-refractivity contribution in [3.05, 3.63) is 12.0 Å². The summed E-state index contributed by atoms with van der Waals surface area (Å²) in [5.74, 6) is 0.602. The van der Waals surface area contributed by atoms with Gasteiger partial charge in [-0.1, -0.05) is 29.0 Å². The molecule has 0 spiro atoms. The molecular formula is C9H16IN3O2S. The Morgan fingerprint density at radius 1 is 1.44 bits per heavy atom. The van der Waals surface area contributed by atoms with Crippen molar-refractivity contribution in [1.29, 1.82) is 0 Å². The summed E-state index contributed by atoms with van der Waals surface area (Å²) in [6.45, 7) is 2.20. The largest absolute Gasteiger partial charge is 0.332 e. The molecule has 7 heteroatoms. The SMILES string of the molecule is Cc1ncc(S(=O)(=O)NCCCCCI)[nH]1. The van der Waals surface area contributed by atoms with Crippen LogP contribution in [0.4, 0.5) is 0 Å². The lowest BCUT2D eigenvalue weighted by Crippen LogP contribution is -2.25. The van der Waals surface area contributed by atoms with Crippen LogP contribution in [0.2, 0.25) is 0 Å². The van der Waals surface area contributed by atoms with Gasteiger partial charge in [0, 0.05) is 6.54 Å². The van der Waals surface area contributed by atoms with Crippen LogP contribution in [-0.2, 0) is 10.0 Å². The van der Waals surface area contributed by atoms with Crippen LogP contribution in [0.3, 0.4) is 0 Å². The van der Waals surface area contributed by atoms with Crippen LogP contribution < -0.4 is 4.72 Å². The van der Waals surface area contributed by atoms with Crippen molar-refractivity contribution in [2.45, 2.75) is 31.2 Å². The van der Waals surface area contributed by atoms with E-state index in [9.17, 15) is 8.42 Å². The van der Waals surface area contributed by atoms with E-state index < -0.39 is 10.0 Å². The maximum absolute atomic E-state index is 11.7. The zero-order chi connectivity index (χ0) is 12.0. The minimum Gasteiger partial charge on any atom is -0.332 e. The number of unbranched alkanes of at least 4 members (excludes halogenated alkanes) is 2. The number of H-pyrrole nitrogens is 1. The van der Waals surface area contributed by atoms with Crippen LogP contribution in [0.25, 0.3) is 0 Å². The lowest BCUT2D eigenvalue weighted by molar-refractivity contribution is 0.573. The van der Waals surface area contributed by atoms with Gasteiger partial charge >= 0.3 is 0 Å². The van der Waals surface area contributed by atoms with E-state index >= 15 is 0 Å². The van der Waals surface area contributed by atoms with E-state index in [1.807, 2.05) is 0 Å². The zero-order valence-electron chi connectivity index (χ0n) is 9.16. The average Bonchev–Trinajstić information content (AvgIpc) is 2.65. The summed E-state index contributed by atoms with van der Waals surface area (Å²) in [6, 6.07) is 0. The fraction of sp³-hybridized carbons (Fsp3) is 0.667. The maximum Gasteiger partial charge on any atom is 0.257 e. The fourth-order valence-corrected chi connectivity index (χ4v) is 2.80. The molecule has 16 heavy (non-hydrogen) atoms. The Morgan fingerprint density at radius 3 is 2.75 bits per heavy atom. The average molecular weight is 357 g/mol. The van der Waals surface area contributed by atoms with E-state index in [1.165, 1.54) is 6.20 Å². The second kappa shape index (κ2) is 6.55. The summed E-state index contributed by atoms with van der Waals surface area (Å²) in [5, 5.41) is 0.138. The molecule has 5 nitrogen and oxygen atoms in total. The molecule has 1 rings (SSSR count). The lowest BCUT2D eigenvalue weighted by Gasteiger charge is -2.03. The third kappa shape index (κ3) is 4.38. The van der Waals surface area contributed by atoms with Crippen LogP contribution in [0.5, 0.6) is 0 Å². The molecule has 0 saturated carbocycles. The molecule has 2 N–H and O–H groups in total. The monoisotopic (exact) mass is 357 g/mol. The Kier molecular flexibility index (Phi) is 5.70. The van der Waals surface area contributed by atoms with Crippen molar-refractivity contribution in [2.24, 2.45) is 0 Å². The van der Waals surface area contributed by atoms with Crippen molar-refractivity contribution < 1.29 is 8.42 Å². The number of sulfonamides is 1. The molecule has 1 heterocycles. The number of halogens is 1. The van der Waals surface area contributed by atoms with Crippen molar-refractivity contribution in [3.8, 4) is 0 Å². The topological polar surface area (TPSA) is 74.8 Å². The first-order chi connectivity index (χ1) is 7.56. The standard InChI is InChI=1S/C9H16IN3O2S/c1-8-11-7-9(13-8)16(14,15)12-6-4-2-3-5-10/h7,12H,2-6H2,1H3,(H,11,13). The predicted octanol–water partition coefficient (Wildman–Crippen LogP) is 1.60. The van der Waals surface area contributed by atoms with Gasteiger partial charge in [0.2, 0.25) is 0 Å². The van der Waals surface area contributed by atoms with Gasteiger partial charge in [-0.3, -0.25) is 0 Å². The first-order valence-electron chi connectivity index (χ1n) is 5.13. The number of hydrogen-bond donors (Lipinski definition) is 2. The normalized spacial score (nSPS) is 11.9. The molecule has 0 amide bonds. The molecule has 0 bridgehead atoms. The molecule has 0 unspecified atom stereocenters. The molecule has 0 fully saturated rings. The number of hydrogen-bond acceptors (Lipinski definition) is 3. The van der Waals surface area contributed by atoms with Gasteiger partial charge in [0.1, 0.15) is 5.82 Å². The van der Waals surface area contributed by atoms with Crippen molar-refractivity contribution >= 4 is 32.6 Å². The van der Waals surface area contributed by atoms with Crippen molar-refractivity contribution in [3.63, 3.8) is 0 Å². The number of aryl methyl sites for hydroxylation is 1. The van der Waals surface area contributed by atoms with Crippen LogP contribution in [-0.4, -0.2) is 29.4 Å². The Balaban J connectivity index is 2.41. The second-order valence-electron chi connectivity index (χ2n) is 3.48. The van der Waals surface area contributed by atoms with E-state index in [0.29, 0.717) is 12.4 Å². The molecule has 1 aromatic heterocycles. The van der Waals surface area contributed by atoms with Crippen molar-refractivity contribution in [1.82, 2.24) is 14.7 Å². The van der Waals surface area contributed by atoms with E-state index in [1.54, 1.807) is 6.92 Å². The smallest absolute Gasteiger partial charge is 0.257 e. The summed E-state index contributed by atoms with van der Waals surface area (Å²) in [6.07, 6.45) is 4.39. The van der Waals surface area contributed by atoms with Gasteiger partial charge in [-0.25, -0.2) is 18.1 Å². The quantitative estimate of drug-likeness (QED) is 0.442. The van der Waals surface area contributed by atoms with Gasteiger partial charge in [0.15, 0.2) is 5.03 Å². The highest BCUT2D eigenvalue weighted by molar-refractivity contribution is 14.1. The van der Waals surface area contributed by atoms with Gasteiger partial charge in [-0.2, -0.15) is 0 Å². The minimum atomic E-state index is -3.40. The molecular weight excluding hydrogens is 341 g/mol. The zero-order valence-corrected chi connectivity index (χ0v) is 12.1. The molecule has 0 atom stereocenters. The van der Waals surface area contributed by atoms with Crippen LogP contribution in [0.15, 0.2) is 11.2 Å². The van der Waals surface area contributed by atoms with Crippen molar-refractivity contribution in [2.75, 3.05) is 11.0 Å². The fourth-order valence-electron chi connectivity index (χ4n) is 1.22. The highest BCUT2D eigenvalue weighted by Crippen LogP contribution is 2.05. The first-order valence-corrected chi connectivity index (χ1v) is 8.14. The molecule has 1 aromatic rings. The molecule has 0 saturated heterocycles. The van der Waals surface area contributed by atoms with Gasteiger partial charge in [-0.05, 0) is 24.2 Å². The Morgan fingerprint density at radius 2 is 2.19 bits per heavy atom. The number of aromatic amines is 1. The molecule has 0 aliphatic heterocycles. The number of imidazole rings is 1. The third-order valence-electron chi connectivity index (χ3n) is 2.07. The predicted molar refractivity (Wildman–Crippen MR) is 71.3 cm³/mol. The molecule has 0 radical (unpaired) electrons.